The predicted octanol–water partition coefficient (Wildman–Crippen LogP) is 0.611. The van der Waals surface area contributed by atoms with Crippen molar-refractivity contribution in [3.8, 4) is 0 Å². The number of aliphatic hydroxyl groups is 1. The molecule has 1 fully saturated rings. The van der Waals surface area contributed by atoms with Gasteiger partial charge in [0.25, 0.3) is 0 Å². The summed E-state index contributed by atoms with van der Waals surface area (Å²) in [6.45, 7) is 3.30. The molecule has 0 amide bonds. The van der Waals surface area contributed by atoms with Gasteiger partial charge in [-0.3, -0.25) is 0 Å². The van der Waals surface area contributed by atoms with Gasteiger partial charge in [0, 0.05) is 6.04 Å². The largest absolute Gasteiger partial charge is 0.366 e. The van der Waals surface area contributed by atoms with Crippen LogP contribution in [-0.4, -0.2) is 23.0 Å². The Hall–Kier alpha value is -0.120. The lowest BCUT2D eigenvalue weighted by molar-refractivity contribution is -0.203. The van der Waals surface area contributed by atoms with Gasteiger partial charge < -0.3 is 15.6 Å². The van der Waals surface area contributed by atoms with Crippen LogP contribution in [0.15, 0.2) is 0 Å². The standard InChI is InChI=1S/C8H17NO2/c1-8(2,10)11-7-4-3-6(9)5-7/h6-7,10H,3-5,9H2,1-2H3/t6-,7-/m1/s1. The van der Waals surface area contributed by atoms with Crippen molar-refractivity contribution in [1.82, 2.24) is 0 Å². The van der Waals surface area contributed by atoms with E-state index in [0.717, 1.165) is 19.3 Å². The fraction of sp³-hybridized carbons (Fsp3) is 1.00. The fourth-order valence-corrected chi connectivity index (χ4v) is 1.49. The molecule has 0 aromatic heterocycles. The highest BCUT2D eigenvalue weighted by Gasteiger charge is 2.27. The molecule has 0 heterocycles. The van der Waals surface area contributed by atoms with Crippen LogP contribution in [0, 0.1) is 0 Å². The van der Waals surface area contributed by atoms with Gasteiger partial charge in [-0.1, -0.05) is 0 Å². The van der Waals surface area contributed by atoms with Gasteiger partial charge in [-0.05, 0) is 33.1 Å². The zero-order valence-electron chi connectivity index (χ0n) is 7.21. The molecule has 1 saturated carbocycles. The van der Waals surface area contributed by atoms with E-state index in [2.05, 4.69) is 0 Å². The smallest absolute Gasteiger partial charge is 0.160 e. The molecule has 0 aromatic rings. The lowest BCUT2D eigenvalue weighted by atomic mass is 10.2. The Kier molecular flexibility index (Phi) is 2.52. The van der Waals surface area contributed by atoms with Crippen LogP contribution in [0.25, 0.3) is 0 Å². The molecule has 0 aliphatic heterocycles. The summed E-state index contributed by atoms with van der Waals surface area (Å²) in [5.41, 5.74) is 5.68. The number of ether oxygens (including phenoxy) is 1. The highest BCUT2D eigenvalue weighted by molar-refractivity contribution is 4.79. The van der Waals surface area contributed by atoms with Crippen LogP contribution >= 0.6 is 0 Å². The average Bonchev–Trinajstić information content (AvgIpc) is 2.10. The summed E-state index contributed by atoms with van der Waals surface area (Å²) in [5, 5.41) is 9.30. The molecule has 3 nitrogen and oxygen atoms in total. The van der Waals surface area contributed by atoms with Crippen molar-refractivity contribution >= 4 is 0 Å². The first kappa shape index (κ1) is 8.97. The van der Waals surface area contributed by atoms with Gasteiger partial charge in [0.05, 0.1) is 6.10 Å². The molecule has 0 saturated heterocycles. The molecule has 0 unspecified atom stereocenters. The maximum atomic E-state index is 9.30. The van der Waals surface area contributed by atoms with E-state index in [1.165, 1.54) is 0 Å². The molecule has 3 heteroatoms. The Morgan fingerprint density at radius 1 is 1.45 bits per heavy atom. The Labute approximate surface area is 67.5 Å². The van der Waals surface area contributed by atoms with E-state index in [9.17, 15) is 5.11 Å². The number of nitrogens with two attached hydrogens (primary N) is 1. The van der Waals surface area contributed by atoms with Crippen LogP contribution in [-0.2, 0) is 4.74 Å². The minimum atomic E-state index is -1.01. The summed E-state index contributed by atoms with van der Waals surface area (Å²) in [6.07, 6.45) is 3.03. The van der Waals surface area contributed by atoms with Gasteiger partial charge in [-0.25, -0.2) is 0 Å². The van der Waals surface area contributed by atoms with Crippen LogP contribution in [0.3, 0.4) is 0 Å². The highest BCUT2D eigenvalue weighted by Crippen LogP contribution is 2.23. The van der Waals surface area contributed by atoms with Crippen LogP contribution in [0.2, 0.25) is 0 Å². The summed E-state index contributed by atoms with van der Waals surface area (Å²) in [4.78, 5) is 0. The summed E-state index contributed by atoms with van der Waals surface area (Å²) in [7, 11) is 0. The molecule has 11 heavy (non-hydrogen) atoms. The first-order valence-electron chi connectivity index (χ1n) is 4.13. The number of rotatable bonds is 2. The molecule has 1 aliphatic rings. The normalized spacial score (nSPS) is 32.7. The maximum Gasteiger partial charge on any atom is 0.160 e. The van der Waals surface area contributed by atoms with Crippen molar-refractivity contribution in [3.05, 3.63) is 0 Å². The van der Waals surface area contributed by atoms with Gasteiger partial charge in [-0.15, -0.1) is 0 Å². The monoisotopic (exact) mass is 159 g/mol. The zero-order valence-corrected chi connectivity index (χ0v) is 7.21. The summed E-state index contributed by atoms with van der Waals surface area (Å²) in [5.74, 6) is -1.01. The van der Waals surface area contributed by atoms with E-state index in [-0.39, 0.29) is 12.1 Å². The van der Waals surface area contributed by atoms with Crippen LogP contribution in [0.1, 0.15) is 33.1 Å². The average molecular weight is 159 g/mol. The third-order valence-electron chi connectivity index (χ3n) is 1.88. The predicted molar refractivity (Wildman–Crippen MR) is 43.0 cm³/mol. The second-order valence-electron chi connectivity index (χ2n) is 3.76. The Bertz CT molecular complexity index is 131. The summed E-state index contributed by atoms with van der Waals surface area (Å²) >= 11 is 0. The number of hydrogen-bond acceptors (Lipinski definition) is 3. The van der Waals surface area contributed by atoms with Gasteiger partial charge in [0.2, 0.25) is 0 Å². The second kappa shape index (κ2) is 3.09. The van der Waals surface area contributed by atoms with Gasteiger partial charge in [0.1, 0.15) is 0 Å². The molecular formula is C8H17NO2. The van der Waals surface area contributed by atoms with Crippen LogP contribution < -0.4 is 5.73 Å². The molecule has 66 valence electrons. The number of hydrogen-bond donors (Lipinski definition) is 2. The van der Waals surface area contributed by atoms with Crippen molar-refractivity contribution in [1.29, 1.82) is 0 Å². The van der Waals surface area contributed by atoms with Crippen molar-refractivity contribution < 1.29 is 9.84 Å². The summed E-state index contributed by atoms with van der Waals surface area (Å²) in [6, 6.07) is 0.266. The first-order valence-corrected chi connectivity index (χ1v) is 4.13. The van der Waals surface area contributed by atoms with Gasteiger partial charge >= 0.3 is 0 Å². The van der Waals surface area contributed by atoms with Crippen molar-refractivity contribution in [2.24, 2.45) is 5.73 Å². The van der Waals surface area contributed by atoms with Crippen molar-refractivity contribution in [3.63, 3.8) is 0 Å². The Morgan fingerprint density at radius 2 is 2.09 bits per heavy atom. The van der Waals surface area contributed by atoms with Crippen molar-refractivity contribution in [2.45, 2.75) is 51.0 Å². The molecule has 1 rings (SSSR count). The van der Waals surface area contributed by atoms with E-state index in [4.69, 9.17) is 10.5 Å². The lowest BCUT2D eigenvalue weighted by Crippen LogP contribution is -2.29. The van der Waals surface area contributed by atoms with Gasteiger partial charge in [0.15, 0.2) is 5.79 Å². The molecule has 2 atom stereocenters. The molecule has 0 bridgehead atoms. The molecule has 3 N–H and O–H groups in total. The topological polar surface area (TPSA) is 55.5 Å². The maximum absolute atomic E-state index is 9.30. The molecule has 1 aliphatic carbocycles. The first-order chi connectivity index (χ1) is 4.97. The van der Waals surface area contributed by atoms with E-state index in [1.807, 2.05) is 0 Å². The van der Waals surface area contributed by atoms with E-state index >= 15 is 0 Å². The van der Waals surface area contributed by atoms with E-state index < -0.39 is 5.79 Å². The van der Waals surface area contributed by atoms with Gasteiger partial charge in [-0.2, -0.15) is 0 Å². The molecule has 0 spiro atoms. The Morgan fingerprint density at radius 3 is 2.45 bits per heavy atom. The second-order valence-corrected chi connectivity index (χ2v) is 3.76. The highest BCUT2D eigenvalue weighted by atomic mass is 16.6. The van der Waals surface area contributed by atoms with E-state index in [1.54, 1.807) is 13.8 Å². The van der Waals surface area contributed by atoms with Crippen LogP contribution in [0.4, 0.5) is 0 Å². The fourth-order valence-electron chi connectivity index (χ4n) is 1.49. The minimum absolute atomic E-state index is 0.157. The van der Waals surface area contributed by atoms with Crippen molar-refractivity contribution in [2.75, 3.05) is 0 Å². The summed E-state index contributed by atoms with van der Waals surface area (Å²) < 4.78 is 5.34. The third kappa shape index (κ3) is 3.18. The Balaban J connectivity index is 2.29. The zero-order chi connectivity index (χ0) is 8.48. The third-order valence-corrected chi connectivity index (χ3v) is 1.88. The SMILES string of the molecule is CC(C)(O)O[C@@H]1CC[C@@H](N)C1. The van der Waals surface area contributed by atoms with Crippen LogP contribution in [0.5, 0.6) is 0 Å². The minimum Gasteiger partial charge on any atom is -0.366 e. The molecule has 0 aromatic carbocycles. The van der Waals surface area contributed by atoms with E-state index in [0.29, 0.717) is 0 Å². The molecule has 0 radical (unpaired) electrons. The molecular weight excluding hydrogens is 142 g/mol. The lowest BCUT2D eigenvalue weighted by Gasteiger charge is -2.23. The quantitative estimate of drug-likeness (QED) is 0.580.